The van der Waals surface area contributed by atoms with Crippen LogP contribution in [-0.2, 0) is 10.9 Å². The Balaban J connectivity index is 1.45. The monoisotopic (exact) mass is 567 g/mol. The zero-order valence-corrected chi connectivity index (χ0v) is 20.5. The highest BCUT2D eigenvalue weighted by Gasteiger charge is 2.42. The average molecular weight is 568 g/mol. The zero-order valence-electron chi connectivity index (χ0n) is 18.9. The first-order valence-corrected chi connectivity index (χ1v) is 11.7. The van der Waals surface area contributed by atoms with Gasteiger partial charge in [-0.1, -0.05) is 12.1 Å². The highest BCUT2D eigenvalue weighted by Crippen LogP contribution is 2.37. The number of aromatic nitrogens is 2. The first-order chi connectivity index (χ1) is 17.2. The predicted molar refractivity (Wildman–Crippen MR) is 127 cm³/mol. The molecule has 2 aromatic heterocycles. The van der Waals surface area contributed by atoms with Crippen molar-refractivity contribution in [2.24, 2.45) is 0 Å². The number of nitrogens with zero attached hydrogens (tertiary/aromatic N) is 3. The number of ether oxygens (including phenoxy) is 1. The van der Waals surface area contributed by atoms with Gasteiger partial charge in [-0.3, -0.25) is 4.79 Å². The van der Waals surface area contributed by atoms with Gasteiger partial charge in [-0.15, -0.1) is 0 Å². The number of hydrogen-bond acceptors (Lipinski definition) is 7. The van der Waals surface area contributed by atoms with Crippen LogP contribution in [0.5, 0.6) is 0 Å². The molecule has 0 saturated carbocycles. The number of oxazole rings is 1. The summed E-state index contributed by atoms with van der Waals surface area (Å²) in [5, 5.41) is 5.56. The Hall–Kier alpha value is -3.61. The van der Waals surface area contributed by atoms with Gasteiger partial charge in [-0.2, -0.15) is 13.2 Å². The van der Waals surface area contributed by atoms with E-state index in [-0.39, 0.29) is 29.3 Å². The van der Waals surface area contributed by atoms with Gasteiger partial charge in [-0.25, -0.2) is 14.8 Å². The topological polar surface area (TPSA) is 110 Å². The van der Waals surface area contributed by atoms with Crippen LogP contribution in [0.15, 0.2) is 51.5 Å². The van der Waals surface area contributed by atoms with Crippen LogP contribution in [0.2, 0.25) is 0 Å². The Kier molecular flexibility index (Phi) is 7.48. The van der Waals surface area contributed by atoms with Gasteiger partial charge in [0, 0.05) is 23.6 Å². The molecule has 1 fully saturated rings. The molecule has 1 aliphatic rings. The summed E-state index contributed by atoms with van der Waals surface area (Å²) < 4.78 is 51.1. The van der Waals surface area contributed by atoms with Crippen molar-refractivity contribution in [2.75, 3.05) is 30.3 Å². The van der Waals surface area contributed by atoms with Crippen molar-refractivity contribution < 1.29 is 31.9 Å². The highest BCUT2D eigenvalue weighted by molar-refractivity contribution is 9.10. The molecule has 9 nitrogen and oxygen atoms in total. The molecule has 0 bridgehead atoms. The zero-order chi connectivity index (χ0) is 25.9. The van der Waals surface area contributed by atoms with E-state index in [1.807, 2.05) is 0 Å². The quantitative estimate of drug-likeness (QED) is 0.409. The van der Waals surface area contributed by atoms with Crippen LogP contribution in [0.1, 0.15) is 29.6 Å². The van der Waals surface area contributed by atoms with Crippen LogP contribution in [0.25, 0.3) is 11.5 Å². The normalized spacial score (nSPS) is 15.6. The summed E-state index contributed by atoms with van der Waals surface area (Å²) in [6, 6.07) is 9.46. The molecule has 2 N–H and O–H groups in total. The number of anilines is 2. The van der Waals surface area contributed by atoms with E-state index in [0.717, 1.165) is 0 Å². The van der Waals surface area contributed by atoms with Gasteiger partial charge >= 0.3 is 12.3 Å². The lowest BCUT2D eigenvalue weighted by molar-refractivity contribution is -0.153. The van der Waals surface area contributed by atoms with Crippen molar-refractivity contribution in [2.45, 2.75) is 25.6 Å². The van der Waals surface area contributed by atoms with Crippen molar-refractivity contribution >= 4 is 39.4 Å². The lowest BCUT2D eigenvalue weighted by atomic mass is 10.2. The van der Waals surface area contributed by atoms with E-state index in [1.165, 1.54) is 18.3 Å². The molecule has 0 aliphatic carbocycles. The number of nitrogens with one attached hydrogen (secondary N) is 2. The van der Waals surface area contributed by atoms with Crippen molar-refractivity contribution in [1.82, 2.24) is 14.9 Å². The standard InChI is InChI=1S/C23H21BrF3N5O4/c1-2-35-22(34)32-10-9-14(12-32)29-17-8-7-13(11-28-17)30-20(33)18-19(23(25,26)27)36-21(31-18)15-5-3-4-6-16(15)24/h3-8,11,14H,2,9-10,12H2,1H3,(H,28,29)(H,30,33)/t14-/m0/s1. The number of likely N-dealkylation sites (tertiary alicyclic amines) is 1. The molecule has 1 aromatic carbocycles. The minimum absolute atomic E-state index is 0.0393. The minimum atomic E-state index is -4.93. The number of alkyl halides is 3. The third kappa shape index (κ3) is 5.78. The van der Waals surface area contributed by atoms with Crippen LogP contribution in [-0.4, -0.2) is 52.6 Å². The van der Waals surface area contributed by atoms with Crippen molar-refractivity contribution in [3.05, 3.63) is 58.5 Å². The molecule has 13 heteroatoms. The molecule has 1 aliphatic heterocycles. The molecule has 36 heavy (non-hydrogen) atoms. The molecule has 1 saturated heterocycles. The molecule has 0 spiro atoms. The molecule has 190 valence electrons. The maximum absolute atomic E-state index is 13.6. The highest BCUT2D eigenvalue weighted by atomic mass is 79.9. The van der Waals surface area contributed by atoms with Crippen molar-refractivity contribution in [1.29, 1.82) is 0 Å². The number of carbonyl (C=O) groups excluding carboxylic acids is 2. The summed E-state index contributed by atoms with van der Waals surface area (Å²) in [5.41, 5.74) is -0.447. The summed E-state index contributed by atoms with van der Waals surface area (Å²) >= 11 is 3.24. The van der Waals surface area contributed by atoms with Crippen LogP contribution < -0.4 is 10.6 Å². The molecular weight excluding hydrogens is 547 g/mol. The maximum atomic E-state index is 13.6. The number of pyridine rings is 1. The third-order valence-electron chi connectivity index (χ3n) is 5.29. The average Bonchev–Trinajstić information content (AvgIpc) is 3.49. The van der Waals surface area contributed by atoms with E-state index in [2.05, 4.69) is 36.5 Å². The van der Waals surface area contributed by atoms with Crippen LogP contribution in [0, 0.1) is 0 Å². The molecule has 1 atom stereocenters. The summed E-state index contributed by atoms with van der Waals surface area (Å²) in [5.74, 6) is -2.44. The van der Waals surface area contributed by atoms with Gasteiger partial charge in [0.1, 0.15) is 5.82 Å². The van der Waals surface area contributed by atoms with E-state index < -0.39 is 23.5 Å². The largest absolute Gasteiger partial charge is 0.452 e. The number of rotatable bonds is 6. The second-order valence-electron chi connectivity index (χ2n) is 7.84. The van der Waals surface area contributed by atoms with Crippen LogP contribution >= 0.6 is 15.9 Å². The predicted octanol–water partition coefficient (Wildman–Crippen LogP) is 5.41. The number of carbonyl (C=O) groups is 2. The second-order valence-corrected chi connectivity index (χ2v) is 8.69. The fourth-order valence-electron chi connectivity index (χ4n) is 3.63. The Labute approximate surface area is 212 Å². The summed E-state index contributed by atoms with van der Waals surface area (Å²) in [6.45, 7) is 3.03. The second kappa shape index (κ2) is 10.6. The van der Waals surface area contributed by atoms with Crippen molar-refractivity contribution in [3.8, 4) is 11.5 Å². The lowest BCUT2D eigenvalue weighted by Crippen LogP contribution is -2.32. The maximum Gasteiger partial charge on any atom is 0.452 e. The van der Waals surface area contributed by atoms with Gasteiger partial charge in [-0.05, 0) is 53.5 Å². The molecule has 2 amide bonds. The first-order valence-electron chi connectivity index (χ1n) is 10.9. The van der Waals surface area contributed by atoms with E-state index in [4.69, 9.17) is 9.15 Å². The number of amides is 2. The fourth-order valence-corrected chi connectivity index (χ4v) is 4.08. The Bertz CT molecular complexity index is 1250. The Morgan fingerprint density at radius 3 is 2.69 bits per heavy atom. The van der Waals surface area contributed by atoms with Gasteiger partial charge in [0.25, 0.3) is 5.91 Å². The van der Waals surface area contributed by atoms with E-state index in [0.29, 0.717) is 36.4 Å². The van der Waals surface area contributed by atoms with Crippen molar-refractivity contribution in [3.63, 3.8) is 0 Å². The smallest absolute Gasteiger partial charge is 0.450 e. The molecule has 3 heterocycles. The van der Waals surface area contributed by atoms with Gasteiger partial charge in [0.2, 0.25) is 11.7 Å². The first kappa shape index (κ1) is 25.5. The Morgan fingerprint density at radius 1 is 1.25 bits per heavy atom. The van der Waals surface area contributed by atoms with Gasteiger partial charge in [0.05, 0.1) is 24.1 Å². The third-order valence-corrected chi connectivity index (χ3v) is 5.98. The summed E-state index contributed by atoms with van der Waals surface area (Å²) in [7, 11) is 0. The van der Waals surface area contributed by atoms with Gasteiger partial charge < -0.3 is 24.7 Å². The summed E-state index contributed by atoms with van der Waals surface area (Å²) in [6.07, 6.45) is -3.29. The molecular formula is C23H21BrF3N5O4. The van der Waals surface area contributed by atoms with E-state index >= 15 is 0 Å². The number of halogens is 4. The molecule has 4 rings (SSSR count). The number of benzene rings is 1. The number of hydrogen-bond donors (Lipinski definition) is 2. The van der Waals surface area contributed by atoms with Gasteiger partial charge in [0.15, 0.2) is 5.69 Å². The van der Waals surface area contributed by atoms with E-state index in [9.17, 15) is 22.8 Å². The summed E-state index contributed by atoms with van der Waals surface area (Å²) in [4.78, 5) is 34.1. The Morgan fingerprint density at radius 2 is 2.03 bits per heavy atom. The molecule has 3 aromatic rings. The SMILES string of the molecule is CCOC(=O)N1CC[C@H](Nc2ccc(NC(=O)c3nc(-c4ccccc4Br)oc3C(F)(F)F)cn2)C1. The molecule has 0 radical (unpaired) electrons. The van der Waals surface area contributed by atoms with Crippen LogP contribution in [0.4, 0.5) is 29.5 Å². The molecule has 0 unspecified atom stereocenters. The fraction of sp³-hybridized carbons (Fsp3) is 0.304. The lowest BCUT2D eigenvalue weighted by Gasteiger charge is -2.16. The van der Waals surface area contributed by atoms with Crippen LogP contribution in [0.3, 0.4) is 0 Å². The van der Waals surface area contributed by atoms with E-state index in [1.54, 1.807) is 36.1 Å². The minimum Gasteiger partial charge on any atom is -0.450 e.